The van der Waals surface area contributed by atoms with Gasteiger partial charge in [-0.15, -0.1) is 5.10 Å². The summed E-state index contributed by atoms with van der Waals surface area (Å²) in [6, 6.07) is 0. The van der Waals surface area contributed by atoms with Crippen LogP contribution >= 0.6 is 0 Å². The van der Waals surface area contributed by atoms with Crippen LogP contribution in [0.2, 0.25) is 0 Å². The van der Waals surface area contributed by atoms with Gasteiger partial charge < -0.3 is 10.5 Å². The van der Waals surface area contributed by atoms with Crippen LogP contribution < -0.4 is 11.1 Å². The number of ether oxygens (including phenoxy) is 1. The topological polar surface area (TPSA) is 95.1 Å². The first-order chi connectivity index (χ1) is 8.89. The smallest absolute Gasteiger partial charge is 0.414 e. The van der Waals surface area contributed by atoms with Gasteiger partial charge >= 0.3 is 6.09 Å². The quantitative estimate of drug-likeness (QED) is 0.845. The molecule has 1 aromatic heterocycles. The van der Waals surface area contributed by atoms with Crippen LogP contribution in [0.3, 0.4) is 0 Å². The second-order valence-electron chi connectivity index (χ2n) is 5.72. The standard InChI is InChI=1S/C12H21N5O2/c1-12(2,3)19-11(18)15-10-14-9-8(7-13)5-4-6-17(9)16-10/h8H,4-7,13H2,1-3H3,(H,15,16,18). The molecule has 0 spiro atoms. The van der Waals surface area contributed by atoms with Crippen molar-refractivity contribution in [2.75, 3.05) is 11.9 Å². The van der Waals surface area contributed by atoms with Crippen LogP contribution in [0.15, 0.2) is 0 Å². The van der Waals surface area contributed by atoms with Crippen molar-refractivity contribution in [1.82, 2.24) is 14.8 Å². The first-order valence-corrected chi connectivity index (χ1v) is 6.54. The molecule has 1 amide bonds. The summed E-state index contributed by atoms with van der Waals surface area (Å²) < 4.78 is 6.98. The van der Waals surface area contributed by atoms with Gasteiger partial charge in [0.1, 0.15) is 11.4 Å². The molecule has 0 aliphatic carbocycles. The highest BCUT2D eigenvalue weighted by atomic mass is 16.6. The highest BCUT2D eigenvalue weighted by Crippen LogP contribution is 2.25. The van der Waals surface area contributed by atoms with Gasteiger partial charge in [0.2, 0.25) is 0 Å². The Bertz CT molecular complexity index is 463. The Morgan fingerprint density at radius 2 is 2.32 bits per heavy atom. The van der Waals surface area contributed by atoms with E-state index in [0.717, 1.165) is 25.2 Å². The Labute approximate surface area is 112 Å². The van der Waals surface area contributed by atoms with Gasteiger partial charge in [0.15, 0.2) is 0 Å². The van der Waals surface area contributed by atoms with E-state index in [4.69, 9.17) is 10.5 Å². The molecule has 0 aromatic carbocycles. The molecular formula is C12H21N5O2. The van der Waals surface area contributed by atoms with Crippen LogP contribution in [-0.4, -0.2) is 33.0 Å². The van der Waals surface area contributed by atoms with Crippen molar-refractivity contribution in [2.45, 2.75) is 51.7 Å². The third-order valence-corrected chi connectivity index (χ3v) is 2.89. The summed E-state index contributed by atoms with van der Waals surface area (Å²) >= 11 is 0. The highest BCUT2D eigenvalue weighted by Gasteiger charge is 2.24. The molecule has 0 saturated heterocycles. The minimum atomic E-state index is -0.542. The first kappa shape index (κ1) is 13.8. The molecule has 1 aromatic rings. The minimum Gasteiger partial charge on any atom is -0.444 e. The van der Waals surface area contributed by atoms with Gasteiger partial charge in [-0.3, -0.25) is 5.32 Å². The number of hydrogen-bond donors (Lipinski definition) is 2. The summed E-state index contributed by atoms with van der Waals surface area (Å²) in [5.74, 6) is 1.35. The van der Waals surface area contributed by atoms with Crippen LogP contribution in [0.25, 0.3) is 0 Å². The summed E-state index contributed by atoms with van der Waals surface area (Å²) in [5, 5.41) is 6.81. The number of anilines is 1. The van der Waals surface area contributed by atoms with Crippen molar-refractivity contribution in [2.24, 2.45) is 5.73 Å². The molecule has 1 aliphatic rings. The van der Waals surface area contributed by atoms with Crippen molar-refractivity contribution in [3.05, 3.63) is 5.82 Å². The zero-order valence-electron chi connectivity index (χ0n) is 11.6. The molecule has 0 fully saturated rings. The Balaban J connectivity index is 2.07. The maximum atomic E-state index is 11.6. The first-order valence-electron chi connectivity index (χ1n) is 6.54. The summed E-state index contributed by atoms with van der Waals surface area (Å²) in [6.07, 6.45) is 1.50. The van der Waals surface area contributed by atoms with Gasteiger partial charge in [-0.2, -0.15) is 4.98 Å². The lowest BCUT2D eigenvalue weighted by Crippen LogP contribution is -2.27. The predicted octanol–water partition coefficient (Wildman–Crippen LogP) is 1.46. The Morgan fingerprint density at radius 1 is 1.58 bits per heavy atom. The molecule has 0 radical (unpaired) electrons. The molecule has 19 heavy (non-hydrogen) atoms. The number of amides is 1. The lowest BCUT2D eigenvalue weighted by atomic mass is 10.00. The number of fused-ring (bicyclic) bond motifs is 1. The monoisotopic (exact) mass is 267 g/mol. The second kappa shape index (κ2) is 5.16. The molecule has 1 unspecified atom stereocenters. The normalized spacial score (nSPS) is 18.8. The highest BCUT2D eigenvalue weighted by molar-refractivity contribution is 5.82. The Morgan fingerprint density at radius 3 is 2.95 bits per heavy atom. The lowest BCUT2D eigenvalue weighted by Gasteiger charge is -2.19. The summed E-state index contributed by atoms with van der Waals surface area (Å²) in [4.78, 5) is 16.0. The number of hydrogen-bond acceptors (Lipinski definition) is 5. The average Bonchev–Trinajstić information content (AvgIpc) is 2.67. The van der Waals surface area contributed by atoms with Gasteiger partial charge in [0.25, 0.3) is 5.95 Å². The fourth-order valence-electron chi connectivity index (χ4n) is 2.11. The summed E-state index contributed by atoms with van der Waals surface area (Å²) in [5.41, 5.74) is 5.18. The van der Waals surface area contributed by atoms with E-state index in [0.29, 0.717) is 6.54 Å². The molecular weight excluding hydrogens is 246 g/mol. The molecule has 3 N–H and O–H groups in total. The zero-order chi connectivity index (χ0) is 14.0. The number of carbonyl (C=O) groups excluding carboxylic acids is 1. The largest absolute Gasteiger partial charge is 0.444 e. The number of nitrogens with two attached hydrogens (primary N) is 1. The molecule has 0 saturated carbocycles. The van der Waals surface area contributed by atoms with Crippen LogP contribution in [-0.2, 0) is 11.3 Å². The molecule has 106 valence electrons. The number of rotatable bonds is 2. The molecule has 2 rings (SSSR count). The minimum absolute atomic E-state index is 0.218. The van der Waals surface area contributed by atoms with Crippen molar-refractivity contribution in [3.8, 4) is 0 Å². The fraction of sp³-hybridized carbons (Fsp3) is 0.750. The van der Waals surface area contributed by atoms with Gasteiger partial charge in [0.05, 0.1) is 0 Å². The number of aryl methyl sites for hydroxylation is 1. The second-order valence-corrected chi connectivity index (χ2v) is 5.72. The molecule has 7 heteroatoms. The molecule has 2 heterocycles. The zero-order valence-corrected chi connectivity index (χ0v) is 11.6. The molecule has 7 nitrogen and oxygen atoms in total. The van der Waals surface area contributed by atoms with Gasteiger partial charge in [-0.1, -0.05) is 0 Å². The maximum absolute atomic E-state index is 11.6. The molecule has 1 aliphatic heterocycles. The van der Waals surface area contributed by atoms with Crippen molar-refractivity contribution in [1.29, 1.82) is 0 Å². The van der Waals surface area contributed by atoms with Crippen LogP contribution in [0, 0.1) is 0 Å². The number of carbonyl (C=O) groups is 1. The van der Waals surface area contributed by atoms with E-state index >= 15 is 0 Å². The lowest BCUT2D eigenvalue weighted by molar-refractivity contribution is 0.0634. The van der Waals surface area contributed by atoms with E-state index in [2.05, 4.69) is 15.4 Å². The predicted molar refractivity (Wildman–Crippen MR) is 70.9 cm³/mol. The van der Waals surface area contributed by atoms with Crippen LogP contribution in [0.4, 0.5) is 10.7 Å². The average molecular weight is 267 g/mol. The van der Waals surface area contributed by atoms with Gasteiger partial charge in [-0.25, -0.2) is 9.48 Å². The SMILES string of the molecule is CC(C)(C)OC(=O)Nc1nc2n(n1)CCCC2CN. The van der Waals surface area contributed by atoms with E-state index in [1.54, 1.807) is 0 Å². The summed E-state index contributed by atoms with van der Waals surface area (Å²) in [6.45, 7) is 6.79. The van der Waals surface area contributed by atoms with Crippen molar-refractivity contribution < 1.29 is 9.53 Å². The Kier molecular flexibility index (Phi) is 3.75. The number of nitrogens with one attached hydrogen (secondary N) is 1. The maximum Gasteiger partial charge on any atom is 0.414 e. The Hall–Kier alpha value is -1.63. The van der Waals surface area contributed by atoms with E-state index in [9.17, 15) is 4.79 Å². The van der Waals surface area contributed by atoms with E-state index in [1.807, 2.05) is 25.5 Å². The van der Waals surface area contributed by atoms with E-state index in [-0.39, 0.29) is 11.9 Å². The van der Waals surface area contributed by atoms with Crippen LogP contribution in [0.1, 0.15) is 45.4 Å². The van der Waals surface area contributed by atoms with E-state index in [1.165, 1.54) is 0 Å². The van der Waals surface area contributed by atoms with Gasteiger partial charge in [0, 0.05) is 19.0 Å². The third kappa shape index (κ3) is 3.44. The van der Waals surface area contributed by atoms with E-state index < -0.39 is 11.7 Å². The van der Waals surface area contributed by atoms with Crippen molar-refractivity contribution in [3.63, 3.8) is 0 Å². The molecule has 0 bridgehead atoms. The fourth-order valence-corrected chi connectivity index (χ4v) is 2.11. The number of aromatic nitrogens is 3. The number of nitrogens with zero attached hydrogens (tertiary/aromatic N) is 3. The summed E-state index contributed by atoms with van der Waals surface area (Å²) in [7, 11) is 0. The van der Waals surface area contributed by atoms with Crippen LogP contribution in [0.5, 0.6) is 0 Å². The van der Waals surface area contributed by atoms with Crippen molar-refractivity contribution >= 4 is 12.0 Å². The van der Waals surface area contributed by atoms with Gasteiger partial charge in [-0.05, 0) is 33.6 Å². The third-order valence-electron chi connectivity index (χ3n) is 2.89. The molecule has 1 atom stereocenters.